The highest BCUT2D eigenvalue weighted by molar-refractivity contribution is 6.32. The van der Waals surface area contributed by atoms with E-state index in [-0.39, 0.29) is 13.0 Å². The summed E-state index contributed by atoms with van der Waals surface area (Å²) >= 11 is 5.90. The Morgan fingerprint density at radius 3 is 2.60 bits per heavy atom. The Labute approximate surface area is 121 Å². The summed E-state index contributed by atoms with van der Waals surface area (Å²) in [5.41, 5.74) is 0. The maximum absolute atomic E-state index is 11.8. The number of carboxylic acid groups (broad SMARTS) is 1. The predicted molar refractivity (Wildman–Crippen MR) is 72.8 cm³/mol. The van der Waals surface area contributed by atoms with E-state index in [1.54, 1.807) is 24.3 Å². The van der Waals surface area contributed by atoms with Crippen LogP contribution in [0.2, 0.25) is 5.02 Å². The van der Waals surface area contributed by atoms with Crippen molar-refractivity contribution in [3.05, 3.63) is 29.3 Å². The lowest BCUT2D eigenvalue weighted by atomic mass is 10.2. The number of aliphatic hydroxyl groups is 1. The molecule has 20 heavy (non-hydrogen) atoms. The SMILES string of the molecule is CC(Oc1ccccc1Cl)C(=O)N[C@@H](CCO)C(=O)O. The number of nitrogens with one attached hydrogen (secondary N) is 1. The fourth-order valence-electron chi connectivity index (χ4n) is 1.46. The van der Waals surface area contributed by atoms with Crippen LogP contribution in [-0.2, 0) is 9.59 Å². The Morgan fingerprint density at radius 2 is 2.05 bits per heavy atom. The number of carbonyl (C=O) groups excluding carboxylic acids is 1. The van der Waals surface area contributed by atoms with Gasteiger partial charge in [0.05, 0.1) is 5.02 Å². The van der Waals surface area contributed by atoms with E-state index < -0.39 is 24.0 Å². The standard InChI is InChI=1S/C13H16ClNO5/c1-8(20-11-5-3-2-4-9(11)14)12(17)15-10(6-7-16)13(18)19/h2-5,8,10,16H,6-7H2,1H3,(H,15,17)(H,18,19)/t8?,10-/m0/s1. The average Bonchev–Trinajstić information content (AvgIpc) is 2.40. The monoisotopic (exact) mass is 301 g/mol. The van der Waals surface area contributed by atoms with Crippen molar-refractivity contribution in [3.8, 4) is 5.75 Å². The number of para-hydroxylation sites is 1. The molecule has 0 aromatic heterocycles. The summed E-state index contributed by atoms with van der Waals surface area (Å²) in [6, 6.07) is 5.51. The van der Waals surface area contributed by atoms with Gasteiger partial charge in [0.1, 0.15) is 11.8 Å². The van der Waals surface area contributed by atoms with Crippen molar-refractivity contribution in [2.75, 3.05) is 6.61 Å². The quantitative estimate of drug-likeness (QED) is 0.700. The Hall–Kier alpha value is -1.79. The Balaban J connectivity index is 2.63. The maximum atomic E-state index is 11.8. The fraction of sp³-hybridized carbons (Fsp3) is 0.385. The number of rotatable bonds is 7. The second-order valence-corrected chi connectivity index (χ2v) is 4.51. The van der Waals surface area contributed by atoms with Gasteiger partial charge in [0.2, 0.25) is 0 Å². The van der Waals surface area contributed by atoms with Gasteiger partial charge < -0.3 is 20.3 Å². The Bertz CT molecular complexity index is 480. The van der Waals surface area contributed by atoms with E-state index in [1.165, 1.54) is 6.92 Å². The van der Waals surface area contributed by atoms with Crippen LogP contribution in [0.4, 0.5) is 0 Å². The topological polar surface area (TPSA) is 95.9 Å². The van der Waals surface area contributed by atoms with E-state index >= 15 is 0 Å². The number of hydrogen-bond donors (Lipinski definition) is 3. The van der Waals surface area contributed by atoms with Crippen molar-refractivity contribution in [2.45, 2.75) is 25.5 Å². The molecule has 0 radical (unpaired) electrons. The fourth-order valence-corrected chi connectivity index (χ4v) is 1.64. The van der Waals surface area contributed by atoms with Crippen LogP contribution in [0.5, 0.6) is 5.75 Å². The summed E-state index contributed by atoms with van der Waals surface area (Å²) < 4.78 is 5.37. The minimum absolute atomic E-state index is 0.0696. The molecule has 3 N–H and O–H groups in total. The van der Waals surface area contributed by atoms with Crippen molar-refractivity contribution in [1.82, 2.24) is 5.32 Å². The van der Waals surface area contributed by atoms with Crippen molar-refractivity contribution >= 4 is 23.5 Å². The Morgan fingerprint density at radius 1 is 1.40 bits per heavy atom. The molecule has 0 fully saturated rings. The van der Waals surface area contributed by atoms with E-state index in [2.05, 4.69) is 5.32 Å². The lowest BCUT2D eigenvalue weighted by molar-refractivity contribution is -0.143. The summed E-state index contributed by atoms with van der Waals surface area (Å²) in [7, 11) is 0. The number of halogens is 1. The largest absolute Gasteiger partial charge is 0.480 e. The normalized spacial score (nSPS) is 13.3. The Kier molecular flexibility index (Phi) is 6.27. The molecule has 0 saturated heterocycles. The number of aliphatic hydroxyl groups excluding tert-OH is 1. The maximum Gasteiger partial charge on any atom is 0.326 e. The first-order chi connectivity index (χ1) is 9.45. The molecule has 0 aliphatic rings. The van der Waals surface area contributed by atoms with Gasteiger partial charge in [-0.2, -0.15) is 0 Å². The zero-order valence-electron chi connectivity index (χ0n) is 10.9. The molecule has 1 aromatic carbocycles. The van der Waals surface area contributed by atoms with Crippen LogP contribution >= 0.6 is 11.6 Å². The predicted octanol–water partition coefficient (Wildman–Crippen LogP) is 1.06. The molecule has 110 valence electrons. The third-order valence-electron chi connectivity index (χ3n) is 2.54. The molecule has 0 bridgehead atoms. The van der Waals surface area contributed by atoms with Gasteiger partial charge in [0.25, 0.3) is 5.91 Å². The van der Waals surface area contributed by atoms with Gasteiger partial charge >= 0.3 is 5.97 Å². The lowest BCUT2D eigenvalue weighted by Gasteiger charge is -2.18. The summed E-state index contributed by atoms with van der Waals surface area (Å²) in [6.45, 7) is 1.15. The molecule has 1 amide bonds. The van der Waals surface area contributed by atoms with Crippen LogP contribution in [-0.4, -0.2) is 40.8 Å². The van der Waals surface area contributed by atoms with Crippen LogP contribution in [0.25, 0.3) is 0 Å². The molecule has 1 rings (SSSR count). The van der Waals surface area contributed by atoms with E-state index in [0.29, 0.717) is 10.8 Å². The average molecular weight is 302 g/mol. The first-order valence-electron chi connectivity index (χ1n) is 6.01. The van der Waals surface area contributed by atoms with Crippen LogP contribution in [0.15, 0.2) is 24.3 Å². The van der Waals surface area contributed by atoms with Gasteiger partial charge in [-0.25, -0.2) is 4.79 Å². The highest BCUT2D eigenvalue weighted by Gasteiger charge is 2.23. The first-order valence-corrected chi connectivity index (χ1v) is 6.38. The van der Waals surface area contributed by atoms with Gasteiger partial charge in [-0.05, 0) is 19.1 Å². The second kappa shape index (κ2) is 7.72. The molecule has 1 aromatic rings. The van der Waals surface area contributed by atoms with Crippen LogP contribution < -0.4 is 10.1 Å². The second-order valence-electron chi connectivity index (χ2n) is 4.10. The van der Waals surface area contributed by atoms with Crippen LogP contribution in [0, 0.1) is 0 Å². The molecular weight excluding hydrogens is 286 g/mol. The molecule has 0 heterocycles. The highest BCUT2D eigenvalue weighted by Crippen LogP contribution is 2.24. The van der Waals surface area contributed by atoms with Gasteiger partial charge in [0, 0.05) is 13.0 Å². The highest BCUT2D eigenvalue weighted by atomic mass is 35.5. The molecule has 2 atom stereocenters. The summed E-state index contributed by atoms with van der Waals surface area (Å²) in [5, 5.41) is 20.3. The van der Waals surface area contributed by atoms with Gasteiger partial charge in [-0.3, -0.25) is 4.79 Å². The lowest BCUT2D eigenvalue weighted by Crippen LogP contribution is -2.46. The minimum Gasteiger partial charge on any atom is -0.480 e. The number of aliphatic carboxylic acids is 1. The number of hydrogen-bond acceptors (Lipinski definition) is 4. The number of amides is 1. The zero-order valence-corrected chi connectivity index (χ0v) is 11.6. The molecule has 6 nitrogen and oxygen atoms in total. The number of benzene rings is 1. The molecule has 1 unspecified atom stereocenters. The number of ether oxygens (including phenoxy) is 1. The summed E-state index contributed by atoms with van der Waals surface area (Å²) in [5.74, 6) is -1.46. The third-order valence-corrected chi connectivity index (χ3v) is 2.85. The molecule has 0 aliphatic carbocycles. The molecule has 7 heteroatoms. The van der Waals surface area contributed by atoms with E-state index in [9.17, 15) is 9.59 Å². The first kappa shape index (κ1) is 16.3. The molecular formula is C13H16ClNO5. The minimum atomic E-state index is -1.21. The van der Waals surface area contributed by atoms with Crippen molar-refractivity contribution in [1.29, 1.82) is 0 Å². The van der Waals surface area contributed by atoms with Gasteiger partial charge in [0.15, 0.2) is 6.10 Å². The van der Waals surface area contributed by atoms with Crippen molar-refractivity contribution < 1.29 is 24.5 Å². The van der Waals surface area contributed by atoms with Crippen molar-refractivity contribution in [3.63, 3.8) is 0 Å². The van der Waals surface area contributed by atoms with E-state index in [4.69, 9.17) is 26.6 Å². The van der Waals surface area contributed by atoms with Crippen LogP contribution in [0.1, 0.15) is 13.3 Å². The summed E-state index contributed by atoms with van der Waals surface area (Å²) in [6.07, 6.45) is -0.977. The molecule has 0 spiro atoms. The number of carboxylic acids is 1. The number of carbonyl (C=O) groups is 2. The van der Waals surface area contributed by atoms with Crippen molar-refractivity contribution in [2.24, 2.45) is 0 Å². The zero-order chi connectivity index (χ0) is 15.1. The molecule has 0 aliphatic heterocycles. The van der Waals surface area contributed by atoms with Gasteiger partial charge in [-0.1, -0.05) is 23.7 Å². The van der Waals surface area contributed by atoms with Crippen LogP contribution in [0.3, 0.4) is 0 Å². The van der Waals surface area contributed by atoms with E-state index in [0.717, 1.165) is 0 Å². The smallest absolute Gasteiger partial charge is 0.326 e. The van der Waals surface area contributed by atoms with E-state index in [1.807, 2.05) is 0 Å². The molecule has 0 saturated carbocycles. The van der Waals surface area contributed by atoms with Gasteiger partial charge in [-0.15, -0.1) is 0 Å². The third kappa shape index (κ3) is 4.71. The summed E-state index contributed by atoms with van der Waals surface area (Å²) in [4.78, 5) is 22.7.